The second-order valence-electron chi connectivity index (χ2n) is 7.50. The number of nitrogens with two attached hydrogens (primary N) is 2. The van der Waals surface area contributed by atoms with E-state index in [1.54, 1.807) is 6.20 Å². The first-order valence-electron chi connectivity index (χ1n) is 9.35. The summed E-state index contributed by atoms with van der Waals surface area (Å²) in [6.45, 7) is 1.91. The SMILES string of the molecule is Nc1ncc(-c2ccc3c(N)n[nH]c3c2)c(N2CCC3(CC2)CNC(=O)O3)c1Cl. The average molecular weight is 414 g/mol. The van der Waals surface area contributed by atoms with Crippen molar-refractivity contribution >= 4 is 45.9 Å². The molecule has 5 rings (SSSR count). The summed E-state index contributed by atoms with van der Waals surface area (Å²) < 4.78 is 5.52. The van der Waals surface area contributed by atoms with Crippen LogP contribution in [-0.4, -0.2) is 46.5 Å². The number of hydrogen-bond donors (Lipinski definition) is 4. The van der Waals surface area contributed by atoms with Crippen LogP contribution < -0.4 is 21.7 Å². The Bertz CT molecular complexity index is 1120. The zero-order chi connectivity index (χ0) is 20.2. The number of nitrogens with one attached hydrogen (secondary N) is 2. The van der Waals surface area contributed by atoms with Crippen LogP contribution in [0.15, 0.2) is 24.4 Å². The number of rotatable bonds is 2. The van der Waals surface area contributed by atoms with Crippen LogP contribution in [-0.2, 0) is 4.74 Å². The summed E-state index contributed by atoms with van der Waals surface area (Å²) >= 11 is 6.61. The number of aromatic nitrogens is 3. The molecule has 2 aromatic heterocycles. The maximum atomic E-state index is 11.5. The van der Waals surface area contributed by atoms with E-state index in [1.807, 2.05) is 18.2 Å². The number of pyridine rings is 1. The molecular weight excluding hydrogens is 394 g/mol. The predicted octanol–water partition coefficient (Wildman–Crippen LogP) is 2.52. The van der Waals surface area contributed by atoms with Crippen molar-refractivity contribution in [2.24, 2.45) is 0 Å². The Morgan fingerprint density at radius 2 is 2.00 bits per heavy atom. The van der Waals surface area contributed by atoms with E-state index in [-0.39, 0.29) is 11.9 Å². The number of hydrogen-bond acceptors (Lipinski definition) is 7. The number of benzene rings is 1. The van der Waals surface area contributed by atoms with E-state index in [0.717, 1.165) is 27.7 Å². The molecule has 29 heavy (non-hydrogen) atoms. The molecule has 150 valence electrons. The van der Waals surface area contributed by atoms with Crippen molar-refractivity contribution in [1.29, 1.82) is 0 Å². The Morgan fingerprint density at radius 3 is 2.72 bits per heavy atom. The van der Waals surface area contributed by atoms with Gasteiger partial charge in [-0.05, 0) is 17.7 Å². The molecule has 0 saturated carbocycles. The lowest BCUT2D eigenvalue weighted by molar-refractivity contribution is 0.0367. The zero-order valence-electron chi connectivity index (χ0n) is 15.5. The standard InChI is InChI=1S/C19H20ClN7O2/c20-14-15(27-5-3-19(4-6-27)9-24-18(28)29-19)12(8-23-17(14)22)10-1-2-11-13(7-10)25-26-16(11)21/h1-2,7-8H,3-6,9H2,(H2,22,23)(H,24,28)(H3,21,25,26). The van der Waals surface area contributed by atoms with E-state index >= 15 is 0 Å². The third-order valence-electron chi connectivity index (χ3n) is 5.78. The molecule has 0 bridgehead atoms. The normalized spacial score (nSPS) is 18.2. The molecule has 0 aliphatic carbocycles. The smallest absolute Gasteiger partial charge is 0.407 e. The maximum Gasteiger partial charge on any atom is 0.407 e. The van der Waals surface area contributed by atoms with E-state index in [9.17, 15) is 4.79 Å². The molecule has 2 fully saturated rings. The van der Waals surface area contributed by atoms with Gasteiger partial charge in [0.1, 0.15) is 16.4 Å². The van der Waals surface area contributed by atoms with Crippen molar-refractivity contribution in [2.75, 3.05) is 36.0 Å². The lowest BCUT2D eigenvalue weighted by atomic mass is 9.91. The number of carbonyl (C=O) groups excluding carboxylic acids is 1. The zero-order valence-corrected chi connectivity index (χ0v) is 16.3. The van der Waals surface area contributed by atoms with Crippen molar-refractivity contribution < 1.29 is 9.53 Å². The second kappa shape index (κ2) is 6.41. The molecule has 2 saturated heterocycles. The van der Waals surface area contributed by atoms with Crippen LogP contribution in [0.5, 0.6) is 0 Å². The van der Waals surface area contributed by atoms with Crippen LogP contribution in [0.2, 0.25) is 5.02 Å². The lowest BCUT2D eigenvalue weighted by Crippen LogP contribution is -2.47. The van der Waals surface area contributed by atoms with Gasteiger partial charge in [-0.25, -0.2) is 9.78 Å². The van der Waals surface area contributed by atoms with Gasteiger partial charge >= 0.3 is 6.09 Å². The van der Waals surface area contributed by atoms with Crippen molar-refractivity contribution in [2.45, 2.75) is 18.4 Å². The minimum absolute atomic E-state index is 0.284. The fraction of sp³-hybridized carbons (Fsp3) is 0.316. The summed E-state index contributed by atoms with van der Waals surface area (Å²) in [6.07, 6.45) is 2.80. The lowest BCUT2D eigenvalue weighted by Gasteiger charge is -2.39. The summed E-state index contributed by atoms with van der Waals surface area (Å²) in [4.78, 5) is 18.0. The minimum Gasteiger partial charge on any atom is -0.441 e. The molecule has 0 atom stereocenters. The molecule has 9 nitrogen and oxygen atoms in total. The van der Waals surface area contributed by atoms with Crippen LogP contribution in [0.1, 0.15) is 12.8 Å². The van der Waals surface area contributed by atoms with Gasteiger partial charge in [0, 0.05) is 43.1 Å². The molecule has 1 aromatic carbocycles. The van der Waals surface area contributed by atoms with Gasteiger partial charge in [0.05, 0.1) is 17.7 Å². The molecule has 6 N–H and O–H groups in total. The third kappa shape index (κ3) is 2.89. The monoisotopic (exact) mass is 413 g/mol. The number of nitrogens with zero attached hydrogens (tertiary/aromatic N) is 3. The summed E-state index contributed by atoms with van der Waals surface area (Å²) in [6, 6.07) is 5.86. The summed E-state index contributed by atoms with van der Waals surface area (Å²) in [5.41, 5.74) is 14.9. The molecule has 0 unspecified atom stereocenters. The van der Waals surface area contributed by atoms with Gasteiger partial charge in [-0.15, -0.1) is 0 Å². The fourth-order valence-electron chi connectivity index (χ4n) is 4.14. The molecule has 10 heteroatoms. The Kier molecular flexibility index (Phi) is 3.95. The topological polar surface area (TPSA) is 135 Å². The van der Waals surface area contributed by atoms with Crippen LogP contribution in [0.3, 0.4) is 0 Å². The third-order valence-corrected chi connectivity index (χ3v) is 6.15. The van der Waals surface area contributed by atoms with E-state index in [2.05, 4.69) is 25.4 Å². The Balaban J connectivity index is 1.52. The van der Waals surface area contributed by atoms with Gasteiger partial charge in [-0.3, -0.25) is 5.10 Å². The van der Waals surface area contributed by atoms with E-state index in [0.29, 0.717) is 43.3 Å². The van der Waals surface area contributed by atoms with Crippen molar-refractivity contribution in [3.8, 4) is 11.1 Å². The number of piperidine rings is 1. The van der Waals surface area contributed by atoms with Crippen molar-refractivity contribution in [1.82, 2.24) is 20.5 Å². The van der Waals surface area contributed by atoms with Gasteiger partial charge in [0.25, 0.3) is 0 Å². The number of ether oxygens (including phenoxy) is 1. The molecule has 2 aliphatic rings. The van der Waals surface area contributed by atoms with Gasteiger partial charge in [0.2, 0.25) is 0 Å². The highest BCUT2D eigenvalue weighted by Gasteiger charge is 2.43. The van der Waals surface area contributed by atoms with Crippen molar-refractivity contribution in [3.63, 3.8) is 0 Å². The summed E-state index contributed by atoms with van der Waals surface area (Å²) in [5.74, 6) is 0.743. The molecule has 0 radical (unpaired) electrons. The Morgan fingerprint density at radius 1 is 1.21 bits per heavy atom. The Labute approximate surface area is 171 Å². The van der Waals surface area contributed by atoms with Crippen LogP contribution in [0, 0.1) is 0 Å². The van der Waals surface area contributed by atoms with Gasteiger partial charge in [0.15, 0.2) is 5.82 Å². The van der Waals surface area contributed by atoms with Gasteiger partial charge < -0.3 is 26.4 Å². The molecule has 2 aliphatic heterocycles. The van der Waals surface area contributed by atoms with Crippen LogP contribution in [0.4, 0.5) is 22.1 Å². The number of H-pyrrole nitrogens is 1. The highest BCUT2D eigenvalue weighted by molar-refractivity contribution is 6.36. The summed E-state index contributed by atoms with van der Waals surface area (Å²) in [7, 11) is 0. The number of carbonyl (C=O) groups is 1. The number of anilines is 3. The number of alkyl carbamates (subject to hydrolysis) is 1. The van der Waals surface area contributed by atoms with Crippen LogP contribution >= 0.6 is 11.6 Å². The summed E-state index contributed by atoms with van der Waals surface area (Å²) in [5, 5.41) is 11.0. The number of halogens is 1. The molecule has 4 heterocycles. The first-order chi connectivity index (χ1) is 14.0. The number of fused-ring (bicyclic) bond motifs is 1. The molecule has 1 spiro atoms. The van der Waals surface area contributed by atoms with E-state index < -0.39 is 5.60 Å². The Hall–Kier alpha value is -3.20. The number of aromatic amines is 1. The largest absolute Gasteiger partial charge is 0.441 e. The fourth-order valence-corrected chi connectivity index (χ4v) is 4.41. The van der Waals surface area contributed by atoms with Gasteiger partial charge in [-0.1, -0.05) is 17.7 Å². The first kappa shape index (κ1) is 17.9. The maximum absolute atomic E-state index is 11.5. The second-order valence-corrected chi connectivity index (χ2v) is 7.88. The molecule has 1 amide bonds. The predicted molar refractivity (Wildman–Crippen MR) is 112 cm³/mol. The van der Waals surface area contributed by atoms with E-state index in [1.165, 1.54) is 0 Å². The van der Waals surface area contributed by atoms with Gasteiger partial charge in [-0.2, -0.15) is 5.10 Å². The van der Waals surface area contributed by atoms with E-state index in [4.69, 9.17) is 27.8 Å². The molecular formula is C19H20ClN7O2. The molecule has 3 aromatic rings. The number of nitrogen functional groups attached to an aromatic ring is 2. The van der Waals surface area contributed by atoms with Crippen LogP contribution in [0.25, 0.3) is 22.0 Å². The highest BCUT2D eigenvalue weighted by atomic mass is 35.5. The average Bonchev–Trinajstić information content (AvgIpc) is 3.27. The quantitative estimate of drug-likeness (QED) is 0.506. The number of amides is 1. The first-order valence-corrected chi connectivity index (χ1v) is 9.73. The van der Waals surface area contributed by atoms with Crippen molar-refractivity contribution in [3.05, 3.63) is 29.4 Å². The minimum atomic E-state index is -0.439. The highest BCUT2D eigenvalue weighted by Crippen LogP contribution is 2.42.